The first kappa shape index (κ1) is 13.5. The Morgan fingerprint density at radius 2 is 1.89 bits per heavy atom. The number of hydrogen-bond donors (Lipinski definition) is 0. The largest absolute Gasteiger partial charge is 0.460 e. The van der Waals surface area contributed by atoms with Crippen LogP contribution in [0, 0.1) is 0 Å². The molecule has 0 aromatic heterocycles. The molecule has 0 fully saturated rings. The van der Waals surface area contributed by atoms with Gasteiger partial charge in [-0.1, -0.05) is 12.1 Å². The van der Waals surface area contributed by atoms with Gasteiger partial charge in [0.05, 0.1) is 13.0 Å². The smallest absolute Gasteiger partial charge is 0.375 e. The summed E-state index contributed by atoms with van der Waals surface area (Å²) in [7, 11) is 0. The molecule has 0 amide bonds. The van der Waals surface area contributed by atoms with Crippen LogP contribution in [0.1, 0.15) is 41.3 Å². The quantitative estimate of drug-likeness (QED) is 0.351. The first-order chi connectivity index (χ1) is 9.11. The lowest BCUT2D eigenvalue weighted by atomic mass is 10.0. The van der Waals surface area contributed by atoms with E-state index in [4.69, 9.17) is 0 Å². The number of esters is 1. The van der Waals surface area contributed by atoms with Gasteiger partial charge in [-0.3, -0.25) is 9.59 Å². The van der Waals surface area contributed by atoms with Crippen LogP contribution in [0.25, 0.3) is 0 Å². The SMILES string of the molecule is CCOC(=O)C(=O)CC(=O)c1ccc2c(c1)CCC2. The summed E-state index contributed by atoms with van der Waals surface area (Å²) in [6, 6.07) is 5.50. The number of rotatable bonds is 5. The number of ketones is 2. The molecule has 19 heavy (non-hydrogen) atoms. The highest BCUT2D eigenvalue weighted by Crippen LogP contribution is 2.23. The fourth-order valence-electron chi connectivity index (χ4n) is 2.28. The number of aryl methyl sites for hydroxylation is 2. The molecule has 2 rings (SSSR count). The zero-order valence-corrected chi connectivity index (χ0v) is 10.9. The van der Waals surface area contributed by atoms with Crippen LogP contribution in [0.5, 0.6) is 0 Å². The average molecular weight is 260 g/mol. The molecule has 0 unspecified atom stereocenters. The molecular formula is C15H16O4. The number of hydrogen-bond acceptors (Lipinski definition) is 4. The number of benzene rings is 1. The fraction of sp³-hybridized carbons (Fsp3) is 0.400. The van der Waals surface area contributed by atoms with Crippen LogP contribution < -0.4 is 0 Å². The highest BCUT2D eigenvalue weighted by molar-refractivity contribution is 6.38. The van der Waals surface area contributed by atoms with Gasteiger partial charge in [0.1, 0.15) is 0 Å². The molecule has 0 aliphatic heterocycles. The maximum atomic E-state index is 11.9. The van der Waals surface area contributed by atoms with E-state index >= 15 is 0 Å². The second kappa shape index (κ2) is 5.78. The van der Waals surface area contributed by atoms with Crippen molar-refractivity contribution in [2.75, 3.05) is 6.61 Å². The van der Waals surface area contributed by atoms with E-state index in [1.54, 1.807) is 13.0 Å². The Labute approximate surface area is 111 Å². The van der Waals surface area contributed by atoms with Crippen LogP contribution in [0.3, 0.4) is 0 Å². The van der Waals surface area contributed by atoms with Gasteiger partial charge in [-0.05, 0) is 43.4 Å². The Bertz CT molecular complexity index is 531. The van der Waals surface area contributed by atoms with Crippen LogP contribution in [-0.4, -0.2) is 24.1 Å². The third kappa shape index (κ3) is 3.08. The molecule has 100 valence electrons. The van der Waals surface area contributed by atoms with Crippen molar-refractivity contribution < 1.29 is 19.1 Å². The van der Waals surface area contributed by atoms with Crippen LogP contribution in [0.15, 0.2) is 18.2 Å². The van der Waals surface area contributed by atoms with Crippen LogP contribution >= 0.6 is 0 Å². The second-order valence-electron chi connectivity index (χ2n) is 4.58. The normalized spacial score (nSPS) is 12.9. The van der Waals surface area contributed by atoms with Gasteiger partial charge in [0.2, 0.25) is 5.78 Å². The van der Waals surface area contributed by atoms with Crippen molar-refractivity contribution >= 4 is 17.5 Å². The zero-order chi connectivity index (χ0) is 13.8. The summed E-state index contributed by atoms with van der Waals surface area (Å²) < 4.78 is 4.57. The van der Waals surface area contributed by atoms with E-state index in [0.717, 1.165) is 19.3 Å². The van der Waals surface area contributed by atoms with E-state index in [-0.39, 0.29) is 12.4 Å². The van der Waals surface area contributed by atoms with Gasteiger partial charge in [0.25, 0.3) is 0 Å². The molecule has 0 heterocycles. The number of carbonyl (C=O) groups is 3. The highest BCUT2D eigenvalue weighted by atomic mass is 16.5. The second-order valence-corrected chi connectivity index (χ2v) is 4.58. The standard InChI is InChI=1S/C15H16O4/c1-2-19-15(18)14(17)9-13(16)12-7-6-10-4-3-5-11(10)8-12/h6-8H,2-5,9H2,1H3. The van der Waals surface area contributed by atoms with Gasteiger partial charge in [0, 0.05) is 5.56 Å². The number of fused-ring (bicyclic) bond motifs is 1. The Morgan fingerprint density at radius 3 is 2.63 bits per heavy atom. The van der Waals surface area contributed by atoms with Gasteiger partial charge in [-0.2, -0.15) is 0 Å². The van der Waals surface area contributed by atoms with Gasteiger partial charge in [-0.25, -0.2) is 4.79 Å². The molecular weight excluding hydrogens is 244 g/mol. The number of Topliss-reactive ketones (excluding diaryl/α,β-unsaturated/α-hetero) is 2. The molecule has 0 bridgehead atoms. The van der Waals surface area contributed by atoms with Gasteiger partial charge in [0.15, 0.2) is 5.78 Å². The Balaban J connectivity index is 2.04. The summed E-state index contributed by atoms with van der Waals surface area (Å²) >= 11 is 0. The monoisotopic (exact) mass is 260 g/mol. The summed E-state index contributed by atoms with van der Waals surface area (Å²) in [6.45, 7) is 1.76. The third-order valence-electron chi connectivity index (χ3n) is 3.24. The third-order valence-corrected chi connectivity index (χ3v) is 3.24. The van der Waals surface area contributed by atoms with Gasteiger partial charge < -0.3 is 4.74 Å². The number of carbonyl (C=O) groups excluding carboxylic acids is 3. The van der Waals surface area contributed by atoms with E-state index < -0.39 is 18.2 Å². The minimum absolute atomic E-state index is 0.137. The van der Waals surface area contributed by atoms with Gasteiger partial charge >= 0.3 is 5.97 Å². The summed E-state index contributed by atoms with van der Waals surface area (Å²) in [6.07, 6.45) is 2.71. The van der Waals surface area contributed by atoms with Crippen molar-refractivity contribution in [3.63, 3.8) is 0 Å². The van der Waals surface area contributed by atoms with E-state index in [0.29, 0.717) is 5.56 Å². The molecule has 0 spiro atoms. The van der Waals surface area contributed by atoms with Crippen LogP contribution in [-0.2, 0) is 27.2 Å². The lowest BCUT2D eigenvalue weighted by Crippen LogP contribution is -2.20. The summed E-state index contributed by atoms with van der Waals surface area (Å²) in [5, 5.41) is 0. The van der Waals surface area contributed by atoms with E-state index in [2.05, 4.69) is 4.74 Å². The molecule has 0 saturated heterocycles. The van der Waals surface area contributed by atoms with Crippen molar-refractivity contribution in [2.45, 2.75) is 32.6 Å². The summed E-state index contributed by atoms with van der Waals surface area (Å²) in [5.41, 5.74) is 2.95. The summed E-state index contributed by atoms with van der Waals surface area (Å²) in [5.74, 6) is -2.04. The zero-order valence-electron chi connectivity index (χ0n) is 10.9. The Morgan fingerprint density at radius 1 is 1.16 bits per heavy atom. The minimum atomic E-state index is -0.933. The topological polar surface area (TPSA) is 60.4 Å². The first-order valence-corrected chi connectivity index (χ1v) is 6.46. The van der Waals surface area contributed by atoms with E-state index in [9.17, 15) is 14.4 Å². The molecule has 0 N–H and O–H groups in total. The first-order valence-electron chi connectivity index (χ1n) is 6.46. The van der Waals surface area contributed by atoms with Crippen molar-refractivity contribution in [3.8, 4) is 0 Å². The molecule has 0 saturated carbocycles. The molecule has 4 nitrogen and oxygen atoms in total. The average Bonchev–Trinajstić information content (AvgIpc) is 2.85. The molecule has 1 aromatic rings. The van der Waals surface area contributed by atoms with Crippen molar-refractivity contribution in [3.05, 3.63) is 34.9 Å². The van der Waals surface area contributed by atoms with Crippen molar-refractivity contribution in [1.29, 1.82) is 0 Å². The molecule has 0 radical (unpaired) electrons. The van der Waals surface area contributed by atoms with E-state index in [1.165, 1.54) is 11.1 Å². The van der Waals surface area contributed by atoms with Crippen LogP contribution in [0.4, 0.5) is 0 Å². The molecule has 1 aliphatic rings. The van der Waals surface area contributed by atoms with Crippen LogP contribution in [0.2, 0.25) is 0 Å². The molecule has 1 aliphatic carbocycles. The predicted octanol–water partition coefficient (Wildman–Crippen LogP) is 1.88. The molecule has 4 heteroatoms. The van der Waals surface area contributed by atoms with Crippen molar-refractivity contribution in [1.82, 2.24) is 0 Å². The lowest BCUT2D eigenvalue weighted by molar-refractivity contribution is -0.153. The van der Waals surface area contributed by atoms with E-state index in [1.807, 2.05) is 12.1 Å². The Hall–Kier alpha value is -1.97. The minimum Gasteiger partial charge on any atom is -0.460 e. The lowest BCUT2D eigenvalue weighted by Gasteiger charge is -2.04. The molecule has 0 atom stereocenters. The maximum Gasteiger partial charge on any atom is 0.375 e. The maximum absolute atomic E-state index is 11.9. The number of ether oxygens (including phenoxy) is 1. The highest BCUT2D eigenvalue weighted by Gasteiger charge is 2.21. The van der Waals surface area contributed by atoms with Gasteiger partial charge in [-0.15, -0.1) is 0 Å². The summed E-state index contributed by atoms with van der Waals surface area (Å²) in [4.78, 5) is 34.6. The fourth-order valence-corrected chi connectivity index (χ4v) is 2.28. The van der Waals surface area contributed by atoms with Crippen molar-refractivity contribution in [2.24, 2.45) is 0 Å². The molecule has 1 aromatic carbocycles. The Kier molecular flexibility index (Phi) is 4.10. The predicted molar refractivity (Wildman–Crippen MR) is 69.1 cm³/mol.